The van der Waals surface area contributed by atoms with Gasteiger partial charge in [0.2, 0.25) is 0 Å². The van der Waals surface area contributed by atoms with E-state index in [1.165, 1.54) is 6.07 Å². The zero-order valence-electron chi connectivity index (χ0n) is 6.67. The monoisotopic (exact) mass is 224 g/mol. The van der Waals surface area contributed by atoms with Crippen LogP contribution in [0.2, 0.25) is 0 Å². The molecule has 1 aromatic carbocycles. The molecule has 1 atom stereocenters. The summed E-state index contributed by atoms with van der Waals surface area (Å²) in [5.74, 6) is 0. The average molecular weight is 224 g/mol. The summed E-state index contributed by atoms with van der Waals surface area (Å²) in [5, 5.41) is 0. The molecule has 1 rings (SSSR count). The van der Waals surface area contributed by atoms with Crippen LogP contribution in [0.1, 0.15) is 5.56 Å². The molecule has 0 saturated carbocycles. The number of benzene rings is 1. The SMILES string of the molecule is O=S([O-])Nc1cccc(C(F)(F)F)c1. The number of alkyl halides is 3. The molecular weight excluding hydrogens is 219 g/mol. The second kappa shape index (κ2) is 3.97. The molecule has 0 aliphatic heterocycles. The van der Waals surface area contributed by atoms with Crippen molar-refractivity contribution >= 4 is 17.0 Å². The van der Waals surface area contributed by atoms with Crippen molar-refractivity contribution in [3.63, 3.8) is 0 Å². The van der Waals surface area contributed by atoms with Crippen LogP contribution in [-0.2, 0) is 17.4 Å². The van der Waals surface area contributed by atoms with Gasteiger partial charge in [-0.05, 0) is 18.2 Å². The van der Waals surface area contributed by atoms with E-state index >= 15 is 0 Å². The summed E-state index contributed by atoms with van der Waals surface area (Å²) in [6, 6.07) is 3.93. The van der Waals surface area contributed by atoms with Gasteiger partial charge in [0.1, 0.15) is 0 Å². The highest BCUT2D eigenvalue weighted by Crippen LogP contribution is 2.30. The number of anilines is 1. The van der Waals surface area contributed by atoms with Gasteiger partial charge in [-0.2, -0.15) is 13.2 Å². The first-order valence-corrected chi connectivity index (χ1v) is 4.50. The first-order chi connectivity index (χ1) is 6.39. The van der Waals surface area contributed by atoms with Gasteiger partial charge in [-0.1, -0.05) is 6.07 Å². The minimum atomic E-state index is -4.47. The minimum Gasteiger partial charge on any atom is -0.755 e. The Kier molecular flexibility index (Phi) is 3.12. The van der Waals surface area contributed by atoms with Gasteiger partial charge in [0.25, 0.3) is 0 Å². The van der Waals surface area contributed by atoms with E-state index in [0.717, 1.165) is 18.2 Å². The van der Waals surface area contributed by atoms with Crippen LogP contribution in [0, 0.1) is 0 Å². The molecule has 0 radical (unpaired) electrons. The highest BCUT2D eigenvalue weighted by Gasteiger charge is 2.30. The quantitative estimate of drug-likeness (QED) is 0.780. The molecule has 0 spiro atoms. The van der Waals surface area contributed by atoms with Crippen molar-refractivity contribution in [2.75, 3.05) is 4.72 Å². The van der Waals surface area contributed by atoms with E-state index in [9.17, 15) is 21.9 Å². The summed E-state index contributed by atoms with van der Waals surface area (Å²) in [7, 11) is 0. The van der Waals surface area contributed by atoms with E-state index in [1.807, 2.05) is 4.72 Å². The van der Waals surface area contributed by atoms with Crippen molar-refractivity contribution in [3.8, 4) is 0 Å². The Bertz CT molecular complexity index is 353. The first-order valence-electron chi connectivity index (χ1n) is 3.43. The van der Waals surface area contributed by atoms with Crippen molar-refractivity contribution in [1.29, 1.82) is 0 Å². The predicted octanol–water partition coefficient (Wildman–Crippen LogP) is 1.91. The van der Waals surface area contributed by atoms with E-state index in [2.05, 4.69) is 0 Å². The van der Waals surface area contributed by atoms with E-state index in [0.29, 0.717) is 0 Å². The van der Waals surface area contributed by atoms with Crippen LogP contribution in [0.4, 0.5) is 18.9 Å². The number of hydrogen-bond donors (Lipinski definition) is 1. The highest BCUT2D eigenvalue weighted by molar-refractivity contribution is 7.80. The molecule has 0 saturated heterocycles. The molecular formula is C7H5F3NO2S-. The minimum absolute atomic E-state index is 0.117. The molecule has 0 fully saturated rings. The lowest BCUT2D eigenvalue weighted by atomic mass is 10.2. The summed E-state index contributed by atoms with van der Waals surface area (Å²) < 4.78 is 58.5. The Morgan fingerprint density at radius 1 is 1.36 bits per heavy atom. The molecule has 1 unspecified atom stereocenters. The average Bonchev–Trinajstić information content (AvgIpc) is 2.01. The molecule has 0 aliphatic carbocycles. The van der Waals surface area contributed by atoms with E-state index < -0.39 is 23.0 Å². The van der Waals surface area contributed by atoms with Crippen LogP contribution < -0.4 is 4.72 Å². The Morgan fingerprint density at radius 3 is 2.50 bits per heavy atom. The Labute approximate surface area is 80.4 Å². The number of halogens is 3. The van der Waals surface area contributed by atoms with Crippen molar-refractivity contribution in [1.82, 2.24) is 0 Å². The van der Waals surface area contributed by atoms with Crippen molar-refractivity contribution in [3.05, 3.63) is 29.8 Å². The summed E-state index contributed by atoms with van der Waals surface area (Å²) in [6.45, 7) is 0. The van der Waals surface area contributed by atoms with Crippen molar-refractivity contribution in [2.24, 2.45) is 0 Å². The molecule has 0 amide bonds. The number of hydrogen-bond acceptors (Lipinski definition) is 2. The summed E-state index contributed by atoms with van der Waals surface area (Å²) in [5.41, 5.74) is -1.01. The first kappa shape index (κ1) is 11.0. The molecule has 0 aromatic heterocycles. The fourth-order valence-electron chi connectivity index (χ4n) is 0.855. The maximum Gasteiger partial charge on any atom is 0.416 e. The fraction of sp³-hybridized carbons (Fsp3) is 0.143. The van der Waals surface area contributed by atoms with Gasteiger partial charge in [-0.3, -0.25) is 4.21 Å². The predicted molar refractivity (Wildman–Crippen MR) is 44.0 cm³/mol. The van der Waals surface area contributed by atoms with E-state index in [-0.39, 0.29) is 5.69 Å². The van der Waals surface area contributed by atoms with Gasteiger partial charge in [-0.25, -0.2) is 0 Å². The van der Waals surface area contributed by atoms with E-state index in [4.69, 9.17) is 0 Å². The topological polar surface area (TPSA) is 52.2 Å². The Morgan fingerprint density at radius 2 is 2.00 bits per heavy atom. The molecule has 78 valence electrons. The molecule has 0 aliphatic rings. The van der Waals surface area contributed by atoms with Gasteiger partial charge >= 0.3 is 6.18 Å². The molecule has 1 aromatic rings. The third-order valence-corrected chi connectivity index (χ3v) is 1.79. The van der Waals surface area contributed by atoms with Crippen molar-refractivity contribution in [2.45, 2.75) is 6.18 Å². The smallest absolute Gasteiger partial charge is 0.416 e. The second-order valence-corrected chi connectivity index (χ2v) is 3.09. The molecule has 0 bridgehead atoms. The number of rotatable bonds is 2. The fourth-order valence-corrected chi connectivity index (χ4v) is 1.17. The Hall–Kier alpha value is -1.08. The highest BCUT2D eigenvalue weighted by atomic mass is 32.2. The van der Waals surface area contributed by atoms with Gasteiger partial charge in [-0.15, -0.1) is 0 Å². The largest absolute Gasteiger partial charge is 0.755 e. The van der Waals surface area contributed by atoms with Crippen LogP contribution in [0.3, 0.4) is 0 Å². The zero-order valence-corrected chi connectivity index (χ0v) is 7.48. The maximum atomic E-state index is 12.1. The lowest BCUT2D eigenvalue weighted by molar-refractivity contribution is -0.137. The lowest BCUT2D eigenvalue weighted by Gasteiger charge is -2.11. The molecule has 1 N–H and O–H groups in total. The van der Waals surface area contributed by atoms with Crippen molar-refractivity contribution < 1.29 is 21.9 Å². The second-order valence-electron chi connectivity index (χ2n) is 2.42. The van der Waals surface area contributed by atoms with Crippen LogP contribution in [0.25, 0.3) is 0 Å². The lowest BCUT2D eigenvalue weighted by Crippen LogP contribution is -2.07. The van der Waals surface area contributed by atoms with Crippen LogP contribution in [0.5, 0.6) is 0 Å². The van der Waals surface area contributed by atoms with Gasteiger partial charge < -0.3 is 9.27 Å². The summed E-state index contributed by atoms with van der Waals surface area (Å²) >= 11 is -2.62. The molecule has 3 nitrogen and oxygen atoms in total. The summed E-state index contributed by atoms with van der Waals surface area (Å²) in [6.07, 6.45) is -4.47. The summed E-state index contributed by atoms with van der Waals surface area (Å²) in [4.78, 5) is 0. The third-order valence-electron chi connectivity index (χ3n) is 1.39. The van der Waals surface area contributed by atoms with E-state index in [1.54, 1.807) is 0 Å². The zero-order chi connectivity index (χ0) is 10.8. The molecule has 14 heavy (non-hydrogen) atoms. The normalized spacial score (nSPS) is 13.7. The maximum absolute atomic E-state index is 12.1. The van der Waals surface area contributed by atoms with Crippen LogP contribution >= 0.6 is 0 Å². The van der Waals surface area contributed by atoms with Gasteiger partial charge in [0.05, 0.1) is 5.56 Å². The van der Waals surface area contributed by atoms with Crippen LogP contribution in [0.15, 0.2) is 24.3 Å². The Balaban J connectivity index is 2.95. The molecule has 7 heteroatoms. The molecule has 0 heterocycles. The van der Waals surface area contributed by atoms with Gasteiger partial charge in [0.15, 0.2) is 0 Å². The standard InChI is InChI=1S/C7H6F3NO2S/c8-7(9,10)5-2-1-3-6(4-5)11-14(12)13/h1-4,11H,(H,12,13)/p-1. The number of nitrogens with one attached hydrogen (secondary N) is 1. The third kappa shape index (κ3) is 3.00. The van der Waals surface area contributed by atoms with Gasteiger partial charge in [0, 0.05) is 17.0 Å². The van der Waals surface area contributed by atoms with Crippen LogP contribution in [-0.4, -0.2) is 8.76 Å².